The van der Waals surface area contributed by atoms with Crippen LogP contribution in [0.4, 0.5) is 9.52 Å². The third kappa shape index (κ3) is 6.58. The molecular formula is C24H27FN6O2S. The van der Waals surface area contributed by atoms with E-state index in [1.807, 2.05) is 10.8 Å². The van der Waals surface area contributed by atoms with E-state index in [-0.39, 0.29) is 24.1 Å². The summed E-state index contributed by atoms with van der Waals surface area (Å²) in [4.78, 5) is 36.5. The first kappa shape index (κ1) is 23.8. The number of carbonyl (C=O) groups is 2. The molecule has 0 radical (unpaired) electrons. The van der Waals surface area contributed by atoms with E-state index in [0.29, 0.717) is 22.1 Å². The van der Waals surface area contributed by atoms with Crippen molar-refractivity contribution in [3.63, 3.8) is 0 Å². The zero-order valence-corrected chi connectivity index (χ0v) is 19.5. The van der Waals surface area contributed by atoms with Crippen molar-refractivity contribution in [1.82, 2.24) is 24.8 Å². The van der Waals surface area contributed by atoms with Gasteiger partial charge in [0, 0.05) is 38.6 Å². The van der Waals surface area contributed by atoms with E-state index < -0.39 is 6.04 Å². The first-order chi connectivity index (χ1) is 16.6. The molecule has 2 N–H and O–H groups in total. The van der Waals surface area contributed by atoms with E-state index in [4.69, 9.17) is 0 Å². The van der Waals surface area contributed by atoms with Crippen molar-refractivity contribution in [3.05, 3.63) is 77.6 Å². The molecule has 34 heavy (non-hydrogen) atoms. The summed E-state index contributed by atoms with van der Waals surface area (Å²) in [5, 5.41) is 6.52. The number of rotatable bonds is 11. The minimum atomic E-state index is -0.691. The Morgan fingerprint density at radius 2 is 2.06 bits per heavy atom. The van der Waals surface area contributed by atoms with Gasteiger partial charge in [-0.15, -0.1) is 0 Å². The average molecular weight is 483 g/mol. The van der Waals surface area contributed by atoms with Gasteiger partial charge in [0.2, 0.25) is 0 Å². The topological polar surface area (TPSA) is 92.1 Å². The first-order valence-electron chi connectivity index (χ1n) is 11.2. The van der Waals surface area contributed by atoms with Crippen LogP contribution >= 0.6 is 11.3 Å². The number of ketones is 1. The summed E-state index contributed by atoms with van der Waals surface area (Å²) in [7, 11) is 0. The van der Waals surface area contributed by atoms with Gasteiger partial charge in [-0.05, 0) is 30.5 Å². The maximum absolute atomic E-state index is 13.5. The Morgan fingerprint density at radius 1 is 1.21 bits per heavy atom. The van der Waals surface area contributed by atoms with Crippen molar-refractivity contribution in [3.8, 4) is 0 Å². The van der Waals surface area contributed by atoms with Gasteiger partial charge >= 0.3 is 0 Å². The maximum atomic E-state index is 13.5. The van der Waals surface area contributed by atoms with Crippen LogP contribution in [-0.2, 0) is 11.3 Å². The normalized spacial score (nSPS) is 14.6. The number of hydrogen-bond donors (Lipinski definition) is 2. The molecule has 3 heterocycles. The van der Waals surface area contributed by atoms with Crippen molar-refractivity contribution in [2.75, 3.05) is 31.5 Å². The minimum Gasteiger partial charge on any atom is -0.351 e. The molecule has 1 aliphatic heterocycles. The number of aryl methyl sites for hydroxylation is 1. The van der Waals surface area contributed by atoms with E-state index in [9.17, 15) is 14.0 Å². The highest BCUT2D eigenvalue weighted by atomic mass is 32.1. The van der Waals surface area contributed by atoms with Crippen molar-refractivity contribution >= 4 is 28.2 Å². The number of anilines is 1. The molecule has 8 nitrogen and oxygen atoms in total. The number of hydrogen-bond acceptors (Lipinski definition) is 7. The fourth-order valence-electron chi connectivity index (χ4n) is 3.69. The van der Waals surface area contributed by atoms with Crippen LogP contribution in [0.3, 0.4) is 0 Å². The molecule has 0 saturated heterocycles. The summed E-state index contributed by atoms with van der Waals surface area (Å²) >= 11 is 1.19. The molecular weight excluding hydrogens is 455 g/mol. The van der Waals surface area contributed by atoms with Gasteiger partial charge in [0.15, 0.2) is 10.9 Å². The molecule has 1 aromatic carbocycles. The van der Waals surface area contributed by atoms with Crippen LogP contribution in [0.5, 0.6) is 0 Å². The number of aromatic nitrogens is 3. The lowest BCUT2D eigenvalue weighted by atomic mass is 10.0. The molecule has 0 bridgehead atoms. The van der Waals surface area contributed by atoms with Gasteiger partial charge in [-0.3, -0.25) is 14.5 Å². The first-order valence-corrected chi connectivity index (χ1v) is 12.0. The molecule has 178 valence electrons. The van der Waals surface area contributed by atoms with E-state index in [0.717, 1.165) is 32.5 Å². The summed E-state index contributed by atoms with van der Waals surface area (Å²) in [5.41, 5.74) is 0.652. The molecule has 3 aromatic rings. The number of nitrogens with one attached hydrogen (secondary N) is 2. The summed E-state index contributed by atoms with van der Waals surface area (Å²) in [6.45, 7) is 3.11. The van der Waals surface area contributed by atoms with Crippen molar-refractivity contribution < 1.29 is 14.0 Å². The third-order valence-electron chi connectivity index (χ3n) is 5.48. The Bertz CT molecular complexity index is 1110. The quantitative estimate of drug-likeness (QED) is 0.322. The lowest BCUT2D eigenvalue weighted by molar-refractivity contribution is -0.121. The van der Waals surface area contributed by atoms with Gasteiger partial charge in [-0.2, -0.15) is 0 Å². The van der Waals surface area contributed by atoms with Crippen LogP contribution in [0, 0.1) is 5.82 Å². The molecule has 1 amide bonds. The summed E-state index contributed by atoms with van der Waals surface area (Å²) < 4.78 is 15.4. The predicted molar refractivity (Wildman–Crippen MR) is 129 cm³/mol. The average Bonchev–Trinajstić information content (AvgIpc) is 3.54. The predicted octanol–water partition coefficient (Wildman–Crippen LogP) is 3.28. The number of halogens is 1. The second kappa shape index (κ2) is 11.7. The molecule has 1 unspecified atom stereocenters. The second-order valence-corrected chi connectivity index (χ2v) is 9.06. The van der Waals surface area contributed by atoms with E-state index in [1.165, 1.54) is 29.7 Å². The fraction of sp³-hybridized carbons (Fsp3) is 0.333. The molecule has 0 spiro atoms. The van der Waals surface area contributed by atoms with Gasteiger partial charge in [-0.1, -0.05) is 35.6 Å². The number of thiazole rings is 1. The fourth-order valence-corrected chi connectivity index (χ4v) is 4.45. The van der Waals surface area contributed by atoms with Gasteiger partial charge in [0.25, 0.3) is 5.91 Å². The standard InChI is InChI=1S/C24H27FN6O2S/c25-19-7-5-18(6-8-19)22(20(32)16-30-11-2-1-3-12-30)29-24-28-15-21(34-24)23(33)27-9-4-13-31-14-10-26-17-31/h1-2,5-8,10,14-15,17,22H,3-4,9,11-13,16H2,(H,27,33)(H,28,29). The maximum Gasteiger partial charge on any atom is 0.263 e. The van der Waals surface area contributed by atoms with Gasteiger partial charge in [-0.25, -0.2) is 14.4 Å². The highest BCUT2D eigenvalue weighted by Gasteiger charge is 2.24. The molecule has 0 saturated carbocycles. The van der Waals surface area contributed by atoms with Crippen LogP contribution < -0.4 is 10.6 Å². The Labute approximate surface area is 201 Å². The smallest absolute Gasteiger partial charge is 0.263 e. The van der Waals surface area contributed by atoms with E-state index in [2.05, 4.69) is 37.7 Å². The molecule has 1 aliphatic rings. The molecule has 0 fully saturated rings. The number of nitrogens with zero attached hydrogens (tertiary/aromatic N) is 4. The zero-order valence-electron chi connectivity index (χ0n) is 18.7. The van der Waals surface area contributed by atoms with Crippen LogP contribution in [0.2, 0.25) is 0 Å². The number of Topliss-reactive ketones (excluding diaryl/α,β-unsaturated/α-hetero) is 1. The van der Waals surface area contributed by atoms with Gasteiger partial charge < -0.3 is 15.2 Å². The van der Waals surface area contributed by atoms with E-state index in [1.54, 1.807) is 24.7 Å². The highest BCUT2D eigenvalue weighted by molar-refractivity contribution is 7.17. The molecule has 1 atom stereocenters. The van der Waals surface area contributed by atoms with Crippen LogP contribution in [0.1, 0.15) is 34.1 Å². The SMILES string of the molecule is O=C(NCCCn1ccnc1)c1cnc(NC(C(=O)CN2CC=CCC2)c2ccc(F)cc2)s1. The molecule has 0 aliphatic carbocycles. The minimum absolute atomic E-state index is 0.0392. The van der Waals surface area contributed by atoms with Crippen LogP contribution in [0.25, 0.3) is 0 Å². The molecule has 10 heteroatoms. The van der Waals surface area contributed by atoms with Crippen molar-refractivity contribution in [1.29, 1.82) is 0 Å². The summed E-state index contributed by atoms with van der Waals surface area (Å²) in [6, 6.07) is 5.19. The van der Waals surface area contributed by atoms with Gasteiger partial charge in [0.05, 0.1) is 19.1 Å². The van der Waals surface area contributed by atoms with Gasteiger partial charge in [0.1, 0.15) is 16.7 Å². The number of benzene rings is 1. The van der Waals surface area contributed by atoms with E-state index >= 15 is 0 Å². The Kier molecular flexibility index (Phi) is 8.16. The van der Waals surface area contributed by atoms with Crippen molar-refractivity contribution in [2.24, 2.45) is 0 Å². The number of amides is 1. The summed E-state index contributed by atoms with van der Waals surface area (Å²) in [6.07, 6.45) is 12.7. The Hall–Kier alpha value is -3.37. The lowest BCUT2D eigenvalue weighted by Gasteiger charge is -2.25. The lowest BCUT2D eigenvalue weighted by Crippen LogP contribution is -2.36. The Morgan fingerprint density at radius 3 is 2.79 bits per heavy atom. The zero-order chi connectivity index (χ0) is 23.8. The monoisotopic (exact) mass is 482 g/mol. The Balaban J connectivity index is 1.37. The summed E-state index contributed by atoms with van der Waals surface area (Å²) in [5.74, 6) is -0.610. The van der Waals surface area contributed by atoms with Crippen LogP contribution in [0.15, 0.2) is 61.3 Å². The number of carbonyl (C=O) groups excluding carboxylic acids is 2. The van der Waals surface area contributed by atoms with Crippen LogP contribution in [-0.4, -0.2) is 57.3 Å². The molecule has 4 rings (SSSR count). The highest BCUT2D eigenvalue weighted by Crippen LogP contribution is 2.25. The third-order valence-corrected chi connectivity index (χ3v) is 6.41. The van der Waals surface area contributed by atoms with Crippen molar-refractivity contribution in [2.45, 2.75) is 25.4 Å². The largest absolute Gasteiger partial charge is 0.351 e. The molecule has 2 aromatic heterocycles. The number of imidazole rings is 1. The second-order valence-electron chi connectivity index (χ2n) is 8.03.